The average Bonchev–Trinajstić information content (AvgIpc) is 2.38. The van der Waals surface area contributed by atoms with Crippen LogP contribution in [0.3, 0.4) is 0 Å². The molecule has 0 spiro atoms. The highest BCUT2D eigenvalue weighted by Crippen LogP contribution is 2.13. The summed E-state index contributed by atoms with van der Waals surface area (Å²) < 4.78 is 0.812. The minimum absolute atomic E-state index is 0.231. The summed E-state index contributed by atoms with van der Waals surface area (Å²) in [5.74, 6) is -0.346. The highest BCUT2D eigenvalue weighted by molar-refractivity contribution is 9.10. The van der Waals surface area contributed by atoms with Crippen LogP contribution in [0.5, 0.6) is 0 Å². The standard InChI is InChI=1S/C13H11BrN2O2/c14-11-7-12(9-15-8-11)16-18-13(17)6-10-4-2-1-3-5-10/h1-5,7-9,16H,6H2. The molecule has 0 amide bonds. The molecular formula is C13H11BrN2O2. The van der Waals surface area contributed by atoms with Crippen molar-refractivity contribution >= 4 is 27.6 Å². The van der Waals surface area contributed by atoms with Gasteiger partial charge in [0.2, 0.25) is 0 Å². The van der Waals surface area contributed by atoms with Gasteiger partial charge in [-0.2, -0.15) is 0 Å². The topological polar surface area (TPSA) is 51.2 Å². The van der Waals surface area contributed by atoms with Crippen molar-refractivity contribution in [2.24, 2.45) is 0 Å². The molecule has 2 rings (SSSR count). The van der Waals surface area contributed by atoms with Crippen LogP contribution in [0.4, 0.5) is 5.69 Å². The van der Waals surface area contributed by atoms with E-state index in [2.05, 4.69) is 26.4 Å². The number of hydrogen-bond acceptors (Lipinski definition) is 4. The molecule has 5 heteroatoms. The van der Waals surface area contributed by atoms with E-state index in [1.807, 2.05) is 30.3 Å². The Morgan fingerprint density at radius 1 is 1.28 bits per heavy atom. The van der Waals surface area contributed by atoms with Gasteiger partial charge in [-0.25, -0.2) is 10.3 Å². The summed E-state index contributed by atoms with van der Waals surface area (Å²) in [6.45, 7) is 0. The zero-order valence-corrected chi connectivity index (χ0v) is 11.1. The first-order valence-electron chi connectivity index (χ1n) is 5.34. The zero-order chi connectivity index (χ0) is 12.8. The minimum Gasteiger partial charge on any atom is -0.343 e. The first-order chi connectivity index (χ1) is 8.74. The van der Waals surface area contributed by atoms with E-state index in [-0.39, 0.29) is 12.4 Å². The van der Waals surface area contributed by atoms with Crippen molar-refractivity contribution in [1.29, 1.82) is 0 Å². The molecule has 0 aliphatic heterocycles. The molecule has 0 saturated heterocycles. The Bertz CT molecular complexity index is 532. The molecule has 0 radical (unpaired) electrons. The van der Waals surface area contributed by atoms with Crippen molar-refractivity contribution in [2.45, 2.75) is 6.42 Å². The van der Waals surface area contributed by atoms with Gasteiger partial charge in [0.15, 0.2) is 0 Å². The molecule has 0 saturated carbocycles. The third-order valence-electron chi connectivity index (χ3n) is 2.18. The normalized spacial score (nSPS) is 9.83. The Labute approximate surface area is 113 Å². The van der Waals surface area contributed by atoms with Gasteiger partial charge in [-0.15, -0.1) is 0 Å². The molecule has 2 aromatic rings. The van der Waals surface area contributed by atoms with Crippen LogP contribution in [0.1, 0.15) is 5.56 Å². The number of benzene rings is 1. The predicted molar refractivity (Wildman–Crippen MR) is 71.8 cm³/mol. The Morgan fingerprint density at radius 2 is 2.06 bits per heavy atom. The number of halogens is 1. The van der Waals surface area contributed by atoms with Crippen LogP contribution in [0.15, 0.2) is 53.3 Å². The van der Waals surface area contributed by atoms with Crippen LogP contribution < -0.4 is 5.48 Å². The first-order valence-corrected chi connectivity index (χ1v) is 6.13. The van der Waals surface area contributed by atoms with Gasteiger partial charge < -0.3 is 4.84 Å². The molecule has 1 aromatic carbocycles. The van der Waals surface area contributed by atoms with Crippen LogP contribution in [0.2, 0.25) is 0 Å². The van der Waals surface area contributed by atoms with Crippen LogP contribution >= 0.6 is 15.9 Å². The van der Waals surface area contributed by atoms with E-state index in [0.717, 1.165) is 10.0 Å². The van der Waals surface area contributed by atoms with Crippen molar-refractivity contribution in [3.8, 4) is 0 Å². The van der Waals surface area contributed by atoms with Crippen molar-refractivity contribution in [1.82, 2.24) is 4.98 Å². The van der Waals surface area contributed by atoms with Crippen molar-refractivity contribution < 1.29 is 9.63 Å². The van der Waals surface area contributed by atoms with Gasteiger partial charge in [-0.1, -0.05) is 30.3 Å². The molecule has 18 heavy (non-hydrogen) atoms. The van der Waals surface area contributed by atoms with E-state index >= 15 is 0 Å². The Hall–Kier alpha value is -1.88. The monoisotopic (exact) mass is 306 g/mol. The maximum atomic E-state index is 11.6. The fourth-order valence-electron chi connectivity index (χ4n) is 1.38. The molecule has 0 bridgehead atoms. The van der Waals surface area contributed by atoms with E-state index in [1.54, 1.807) is 18.5 Å². The number of carbonyl (C=O) groups excluding carboxylic acids is 1. The average molecular weight is 307 g/mol. The number of carbonyl (C=O) groups is 1. The zero-order valence-electron chi connectivity index (χ0n) is 9.47. The summed E-state index contributed by atoms with van der Waals surface area (Å²) >= 11 is 3.28. The molecular weight excluding hydrogens is 296 g/mol. The fraction of sp³-hybridized carbons (Fsp3) is 0.0769. The van der Waals surface area contributed by atoms with Crippen molar-refractivity contribution in [3.05, 3.63) is 58.8 Å². The van der Waals surface area contributed by atoms with Crippen LogP contribution in [0.25, 0.3) is 0 Å². The third-order valence-corrected chi connectivity index (χ3v) is 2.61. The lowest BCUT2D eigenvalue weighted by Gasteiger charge is -2.06. The number of pyridine rings is 1. The minimum atomic E-state index is -0.346. The highest BCUT2D eigenvalue weighted by atomic mass is 79.9. The summed E-state index contributed by atoms with van der Waals surface area (Å²) in [7, 11) is 0. The Balaban J connectivity index is 1.85. The number of anilines is 1. The maximum Gasteiger partial charge on any atom is 0.336 e. The SMILES string of the molecule is O=C(Cc1ccccc1)ONc1cncc(Br)c1. The molecule has 1 aromatic heterocycles. The summed E-state index contributed by atoms with van der Waals surface area (Å²) in [6.07, 6.45) is 3.45. The van der Waals surface area contributed by atoms with Crippen LogP contribution in [0, 0.1) is 0 Å². The highest BCUT2D eigenvalue weighted by Gasteiger charge is 2.05. The molecule has 0 atom stereocenters. The maximum absolute atomic E-state index is 11.6. The molecule has 4 nitrogen and oxygen atoms in total. The molecule has 0 aliphatic carbocycles. The van der Waals surface area contributed by atoms with Gasteiger partial charge >= 0.3 is 5.97 Å². The Kier molecular flexibility index (Phi) is 4.30. The number of rotatable bonds is 4. The lowest BCUT2D eigenvalue weighted by molar-refractivity contribution is -0.139. The van der Waals surface area contributed by atoms with Gasteiger partial charge in [-0.3, -0.25) is 4.98 Å². The largest absolute Gasteiger partial charge is 0.343 e. The lowest BCUT2D eigenvalue weighted by atomic mass is 10.2. The number of nitrogens with zero attached hydrogens (tertiary/aromatic N) is 1. The van der Waals surface area contributed by atoms with Crippen LogP contribution in [-0.2, 0) is 16.1 Å². The summed E-state index contributed by atoms with van der Waals surface area (Å²) in [5.41, 5.74) is 4.09. The van der Waals surface area contributed by atoms with Gasteiger partial charge in [0, 0.05) is 10.7 Å². The van der Waals surface area contributed by atoms with Gasteiger partial charge in [-0.05, 0) is 27.6 Å². The summed E-state index contributed by atoms with van der Waals surface area (Å²) in [5, 5.41) is 0. The van der Waals surface area contributed by atoms with E-state index in [1.165, 1.54) is 0 Å². The lowest BCUT2D eigenvalue weighted by Crippen LogP contribution is -2.12. The molecule has 1 N–H and O–H groups in total. The van der Waals surface area contributed by atoms with Crippen molar-refractivity contribution in [3.63, 3.8) is 0 Å². The molecule has 0 unspecified atom stereocenters. The second-order valence-corrected chi connectivity index (χ2v) is 4.55. The van der Waals surface area contributed by atoms with E-state index in [9.17, 15) is 4.79 Å². The second-order valence-electron chi connectivity index (χ2n) is 3.63. The number of nitrogens with one attached hydrogen (secondary N) is 1. The van der Waals surface area contributed by atoms with E-state index < -0.39 is 0 Å². The van der Waals surface area contributed by atoms with Crippen LogP contribution in [-0.4, -0.2) is 11.0 Å². The smallest absolute Gasteiger partial charge is 0.336 e. The van der Waals surface area contributed by atoms with Crippen molar-refractivity contribution in [2.75, 3.05) is 5.48 Å². The summed E-state index contributed by atoms with van der Waals surface area (Å²) in [6, 6.07) is 11.2. The van der Waals surface area contributed by atoms with Gasteiger partial charge in [0.25, 0.3) is 0 Å². The molecule has 1 heterocycles. The fourth-order valence-corrected chi connectivity index (χ4v) is 1.75. The van der Waals surface area contributed by atoms with Gasteiger partial charge in [0.05, 0.1) is 18.3 Å². The van der Waals surface area contributed by atoms with E-state index in [0.29, 0.717) is 5.69 Å². The predicted octanol–water partition coefficient (Wildman–Crippen LogP) is 2.96. The molecule has 0 fully saturated rings. The quantitative estimate of drug-likeness (QED) is 0.882. The number of aromatic nitrogens is 1. The van der Waals surface area contributed by atoms with E-state index in [4.69, 9.17) is 4.84 Å². The summed E-state index contributed by atoms with van der Waals surface area (Å²) in [4.78, 5) is 20.4. The first kappa shape index (κ1) is 12.6. The number of hydrogen-bond donors (Lipinski definition) is 1. The Morgan fingerprint density at radius 3 is 2.78 bits per heavy atom. The molecule has 0 aliphatic rings. The molecule has 92 valence electrons. The van der Waals surface area contributed by atoms with Gasteiger partial charge in [0.1, 0.15) is 0 Å². The third kappa shape index (κ3) is 3.85. The second kappa shape index (κ2) is 6.16.